The molecule has 1 fully saturated rings. The number of amides is 1. The Morgan fingerprint density at radius 2 is 1.66 bits per heavy atom. The number of aromatic nitrogens is 1. The van der Waals surface area contributed by atoms with Crippen molar-refractivity contribution in [2.24, 2.45) is 0 Å². The number of benzene rings is 2. The summed E-state index contributed by atoms with van der Waals surface area (Å²) in [5.41, 5.74) is 3.66. The van der Waals surface area contributed by atoms with Gasteiger partial charge in [0, 0.05) is 50.2 Å². The zero-order valence-corrected chi connectivity index (χ0v) is 17.5. The fourth-order valence-corrected chi connectivity index (χ4v) is 4.12. The van der Waals surface area contributed by atoms with Crippen LogP contribution in [0, 0.1) is 0 Å². The fraction of sp³-hybridized carbons (Fsp3) is 0.348. The molecule has 6 heteroatoms. The van der Waals surface area contributed by atoms with Crippen molar-refractivity contribution in [3.05, 3.63) is 70.4 Å². The zero-order chi connectivity index (χ0) is 20.2. The van der Waals surface area contributed by atoms with E-state index in [1.54, 1.807) is 0 Å². The molecule has 0 atom stereocenters. The normalized spacial score (nSPS) is 15.7. The quantitative estimate of drug-likeness (QED) is 0.648. The summed E-state index contributed by atoms with van der Waals surface area (Å²) in [6.07, 6.45) is 0. The van der Waals surface area contributed by atoms with Crippen molar-refractivity contribution in [3.63, 3.8) is 0 Å². The highest BCUT2D eigenvalue weighted by molar-refractivity contribution is 6.38. The van der Waals surface area contributed by atoms with Crippen LogP contribution < -0.4 is 5.32 Å². The van der Waals surface area contributed by atoms with Gasteiger partial charge in [-0.25, -0.2) is 0 Å². The van der Waals surface area contributed by atoms with E-state index in [1.165, 1.54) is 5.56 Å². The molecule has 2 aromatic carbocycles. The number of hydrogen-bond donors (Lipinski definition) is 2. The number of aromatic amines is 1. The van der Waals surface area contributed by atoms with Crippen LogP contribution in [0.25, 0.3) is 10.9 Å². The zero-order valence-electron chi connectivity index (χ0n) is 16.7. The van der Waals surface area contributed by atoms with Gasteiger partial charge in [-0.1, -0.05) is 61.0 Å². The minimum absolute atomic E-state index is 0.191. The number of fused-ring (bicyclic) bond motifs is 1. The number of nitrogens with one attached hydrogen (secondary N) is 2. The Bertz CT molecular complexity index is 974. The number of likely N-dealkylation sites (N-methyl/N-ethyl adjacent to an activating group) is 1. The highest BCUT2D eigenvalue weighted by Gasteiger charge is 2.17. The SMILES string of the molecule is CCN1CCN(Cc2ccc(CNC(=O)c3[nH]c4ccccc4c3Cl)cc2)CC1. The largest absolute Gasteiger partial charge is 0.349 e. The average Bonchev–Trinajstić information content (AvgIpc) is 3.10. The first kappa shape index (κ1) is 20.0. The van der Waals surface area contributed by atoms with E-state index >= 15 is 0 Å². The van der Waals surface area contributed by atoms with Gasteiger partial charge in [0.1, 0.15) is 5.69 Å². The maximum atomic E-state index is 12.6. The van der Waals surface area contributed by atoms with Gasteiger partial charge >= 0.3 is 0 Å². The summed E-state index contributed by atoms with van der Waals surface area (Å²) in [6, 6.07) is 16.1. The molecule has 2 heterocycles. The lowest BCUT2D eigenvalue weighted by Crippen LogP contribution is -2.45. The third-order valence-corrected chi connectivity index (χ3v) is 6.06. The molecule has 1 aromatic heterocycles. The van der Waals surface area contributed by atoms with Crippen molar-refractivity contribution in [1.82, 2.24) is 20.1 Å². The van der Waals surface area contributed by atoms with E-state index in [1.807, 2.05) is 24.3 Å². The Labute approximate surface area is 176 Å². The van der Waals surface area contributed by atoms with Crippen LogP contribution in [0.4, 0.5) is 0 Å². The maximum absolute atomic E-state index is 12.6. The summed E-state index contributed by atoms with van der Waals surface area (Å²) < 4.78 is 0. The van der Waals surface area contributed by atoms with Crippen LogP contribution >= 0.6 is 11.6 Å². The summed E-state index contributed by atoms with van der Waals surface area (Å²) in [4.78, 5) is 20.6. The Hall–Kier alpha value is -2.34. The topological polar surface area (TPSA) is 51.4 Å². The number of nitrogens with zero attached hydrogens (tertiary/aromatic N) is 2. The molecule has 2 N–H and O–H groups in total. The molecule has 0 spiro atoms. The molecule has 1 aliphatic rings. The Morgan fingerprint density at radius 1 is 1.00 bits per heavy atom. The number of halogens is 1. The lowest BCUT2D eigenvalue weighted by atomic mass is 10.1. The Kier molecular flexibility index (Phi) is 6.19. The van der Waals surface area contributed by atoms with Gasteiger partial charge in [-0.15, -0.1) is 0 Å². The lowest BCUT2D eigenvalue weighted by molar-refractivity contribution is 0.0947. The van der Waals surface area contributed by atoms with Crippen molar-refractivity contribution in [2.45, 2.75) is 20.0 Å². The van der Waals surface area contributed by atoms with Gasteiger partial charge in [-0.3, -0.25) is 9.69 Å². The molecule has 3 aromatic rings. The predicted octanol–water partition coefficient (Wildman–Crippen LogP) is 3.89. The van der Waals surface area contributed by atoms with Crippen molar-refractivity contribution < 1.29 is 4.79 Å². The van der Waals surface area contributed by atoms with Gasteiger partial charge in [0.05, 0.1) is 5.02 Å². The second kappa shape index (κ2) is 8.99. The molecule has 5 nitrogen and oxygen atoms in total. The van der Waals surface area contributed by atoms with E-state index in [0.29, 0.717) is 17.3 Å². The van der Waals surface area contributed by atoms with E-state index in [2.05, 4.69) is 51.3 Å². The van der Waals surface area contributed by atoms with Crippen LogP contribution in [0.15, 0.2) is 48.5 Å². The monoisotopic (exact) mass is 410 g/mol. The lowest BCUT2D eigenvalue weighted by Gasteiger charge is -2.34. The van der Waals surface area contributed by atoms with Crippen molar-refractivity contribution >= 4 is 28.4 Å². The van der Waals surface area contributed by atoms with E-state index < -0.39 is 0 Å². The molecule has 0 radical (unpaired) electrons. The molecule has 152 valence electrons. The highest BCUT2D eigenvalue weighted by atomic mass is 35.5. The second-order valence-corrected chi connectivity index (χ2v) is 7.95. The molecule has 0 saturated carbocycles. The number of para-hydroxylation sites is 1. The minimum atomic E-state index is -0.191. The van der Waals surface area contributed by atoms with Gasteiger partial charge in [0.2, 0.25) is 0 Å². The third kappa shape index (κ3) is 4.64. The van der Waals surface area contributed by atoms with E-state index in [0.717, 1.165) is 55.7 Å². The molecule has 0 aliphatic carbocycles. The number of rotatable bonds is 6. The standard InChI is InChI=1S/C23H27ClN4O/c1-2-27-11-13-28(14-12-27)16-18-9-7-17(8-10-18)15-25-23(29)22-21(24)19-5-3-4-6-20(19)26-22/h3-10,26H,2,11-16H2,1H3,(H,25,29). The number of carbonyl (C=O) groups excluding carboxylic acids is 1. The van der Waals surface area contributed by atoms with Gasteiger partial charge < -0.3 is 15.2 Å². The summed E-state index contributed by atoms with van der Waals surface area (Å²) in [6.45, 7) is 9.35. The molecule has 1 saturated heterocycles. The van der Waals surface area contributed by atoms with E-state index in [9.17, 15) is 4.79 Å². The van der Waals surface area contributed by atoms with Crippen LogP contribution in [-0.2, 0) is 13.1 Å². The van der Waals surface area contributed by atoms with Crippen molar-refractivity contribution in [2.75, 3.05) is 32.7 Å². The number of piperazine rings is 1. The number of hydrogen-bond acceptors (Lipinski definition) is 3. The van der Waals surface area contributed by atoms with Gasteiger partial charge in [-0.05, 0) is 23.7 Å². The molecular weight excluding hydrogens is 384 g/mol. The molecule has 4 rings (SSSR count). The van der Waals surface area contributed by atoms with Crippen LogP contribution in [0.3, 0.4) is 0 Å². The minimum Gasteiger partial charge on any atom is -0.349 e. The average molecular weight is 411 g/mol. The number of carbonyl (C=O) groups is 1. The first-order valence-electron chi connectivity index (χ1n) is 10.2. The van der Waals surface area contributed by atoms with Crippen LogP contribution in [0.2, 0.25) is 5.02 Å². The predicted molar refractivity (Wildman–Crippen MR) is 118 cm³/mol. The molecular formula is C23H27ClN4O. The smallest absolute Gasteiger partial charge is 0.269 e. The second-order valence-electron chi connectivity index (χ2n) is 7.57. The summed E-state index contributed by atoms with van der Waals surface area (Å²) in [5, 5.41) is 4.29. The van der Waals surface area contributed by atoms with Crippen LogP contribution in [0.5, 0.6) is 0 Å². The first-order valence-corrected chi connectivity index (χ1v) is 10.6. The fourth-order valence-electron chi connectivity index (χ4n) is 3.82. The Morgan fingerprint density at radius 3 is 2.34 bits per heavy atom. The van der Waals surface area contributed by atoms with E-state index in [4.69, 9.17) is 11.6 Å². The molecule has 1 amide bonds. The van der Waals surface area contributed by atoms with Crippen molar-refractivity contribution in [1.29, 1.82) is 0 Å². The van der Waals surface area contributed by atoms with E-state index in [-0.39, 0.29) is 5.91 Å². The summed E-state index contributed by atoms with van der Waals surface area (Å²) in [5.74, 6) is -0.191. The van der Waals surface area contributed by atoms with Gasteiger partial charge in [-0.2, -0.15) is 0 Å². The number of H-pyrrole nitrogens is 1. The van der Waals surface area contributed by atoms with Crippen LogP contribution in [-0.4, -0.2) is 53.4 Å². The molecule has 0 unspecified atom stereocenters. The maximum Gasteiger partial charge on any atom is 0.269 e. The highest BCUT2D eigenvalue weighted by Crippen LogP contribution is 2.27. The molecule has 0 bridgehead atoms. The molecule has 1 aliphatic heterocycles. The summed E-state index contributed by atoms with van der Waals surface area (Å²) in [7, 11) is 0. The van der Waals surface area contributed by atoms with Crippen molar-refractivity contribution in [3.8, 4) is 0 Å². The first-order chi connectivity index (χ1) is 14.1. The Balaban J connectivity index is 1.32. The van der Waals surface area contributed by atoms with Crippen LogP contribution in [0.1, 0.15) is 28.5 Å². The van der Waals surface area contributed by atoms with Gasteiger partial charge in [0.15, 0.2) is 0 Å². The molecule has 29 heavy (non-hydrogen) atoms. The summed E-state index contributed by atoms with van der Waals surface area (Å²) >= 11 is 6.37. The third-order valence-electron chi connectivity index (χ3n) is 5.66. The van der Waals surface area contributed by atoms with Gasteiger partial charge in [0.25, 0.3) is 5.91 Å².